The molecule has 4 heteroatoms. The predicted molar refractivity (Wildman–Crippen MR) is 85.2 cm³/mol. The monoisotopic (exact) mass is 294 g/mol. The average Bonchev–Trinajstić information content (AvgIpc) is 2.84. The zero-order valence-electron chi connectivity index (χ0n) is 13.9. The van der Waals surface area contributed by atoms with Crippen LogP contribution in [0, 0.1) is 0 Å². The Bertz CT molecular complexity index is 417. The SMILES string of the molecule is CN(Cc1occc1CNC(C)(C)C)CC1CCCCO1. The minimum Gasteiger partial charge on any atom is -0.468 e. The van der Waals surface area contributed by atoms with E-state index in [0.29, 0.717) is 6.10 Å². The van der Waals surface area contributed by atoms with Crippen molar-refractivity contribution >= 4 is 0 Å². The van der Waals surface area contributed by atoms with Crippen molar-refractivity contribution in [3.63, 3.8) is 0 Å². The van der Waals surface area contributed by atoms with Crippen LogP contribution in [0.25, 0.3) is 0 Å². The van der Waals surface area contributed by atoms with Crippen LogP contribution < -0.4 is 5.32 Å². The lowest BCUT2D eigenvalue weighted by Gasteiger charge is -2.27. The zero-order chi connectivity index (χ0) is 15.3. The highest BCUT2D eigenvalue weighted by atomic mass is 16.5. The van der Waals surface area contributed by atoms with Gasteiger partial charge in [0.1, 0.15) is 5.76 Å². The summed E-state index contributed by atoms with van der Waals surface area (Å²) in [5.41, 5.74) is 1.37. The molecule has 0 aromatic carbocycles. The molecule has 1 fully saturated rings. The van der Waals surface area contributed by atoms with E-state index in [1.54, 1.807) is 6.26 Å². The van der Waals surface area contributed by atoms with Gasteiger partial charge in [0.2, 0.25) is 0 Å². The maximum absolute atomic E-state index is 5.81. The first kappa shape index (κ1) is 16.5. The highest BCUT2D eigenvalue weighted by Gasteiger charge is 2.18. The van der Waals surface area contributed by atoms with Crippen molar-refractivity contribution in [3.05, 3.63) is 23.7 Å². The first-order valence-corrected chi connectivity index (χ1v) is 8.04. The summed E-state index contributed by atoms with van der Waals surface area (Å²) in [6.07, 6.45) is 5.86. The quantitative estimate of drug-likeness (QED) is 0.874. The molecule has 120 valence electrons. The molecule has 2 heterocycles. The summed E-state index contributed by atoms with van der Waals surface area (Å²) in [5.74, 6) is 1.06. The number of furan rings is 1. The topological polar surface area (TPSA) is 37.6 Å². The molecule has 1 aromatic heterocycles. The molecule has 0 spiro atoms. The van der Waals surface area contributed by atoms with Crippen LogP contribution in [0.5, 0.6) is 0 Å². The van der Waals surface area contributed by atoms with Crippen molar-refractivity contribution in [1.29, 1.82) is 0 Å². The van der Waals surface area contributed by atoms with Crippen LogP contribution in [0.3, 0.4) is 0 Å². The van der Waals surface area contributed by atoms with Crippen LogP contribution in [-0.2, 0) is 17.8 Å². The second-order valence-corrected chi connectivity index (χ2v) is 7.16. The molecule has 0 radical (unpaired) electrons. The molecule has 4 nitrogen and oxygen atoms in total. The smallest absolute Gasteiger partial charge is 0.122 e. The van der Waals surface area contributed by atoms with Crippen molar-refractivity contribution in [2.24, 2.45) is 0 Å². The normalized spacial score (nSPS) is 20.1. The highest BCUT2D eigenvalue weighted by molar-refractivity contribution is 5.17. The number of nitrogens with zero attached hydrogens (tertiary/aromatic N) is 1. The lowest BCUT2D eigenvalue weighted by molar-refractivity contribution is -0.00343. The third-order valence-electron chi connectivity index (χ3n) is 3.85. The molecule has 1 N–H and O–H groups in total. The van der Waals surface area contributed by atoms with E-state index in [4.69, 9.17) is 9.15 Å². The zero-order valence-corrected chi connectivity index (χ0v) is 13.9. The van der Waals surface area contributed by atoms with Gasteiger partial charge in [0.15, 0.2) is 0 Å². The van der Waals surface area contributed by atoms with E-state index in [9.17, 15) is 0 Å². The third kappa shape index (κ3) is 5.81. The van der Waals surface area contributed by atoms with Crippen LogP contribution in [0.4, 0.5) is 0 Å². The Morgan fingerprint density at radius 1 is 1.33 bits per heavy atom. The molecular weight excluding hydrogens is 264 g/mol. The Morgan fingerprint density at radius 3 is 2.81 bits per heavy atom. The van der Waals surface area contributed by atoms with E-state index in [0.717, 1.165) is 32.0 Å². The van der Waals surface area contributed by atoms with Crippen molar-refractivity contribution in [2.75, 3.05) is 20.2 Å². The fraction of sp³-hybridized carbons (Fsp3) is 0.765. The summed E-state index contributed by atoms with van der Waals surface area (Å²) in [6, 6.07) is 2.07. The van der Waals surface area contributed by atoms with Crippen molar-refractivity contribution in [1.82, 2.24) is 10.2 Å². The second kappa shape index (κ2) is 7.43. The summed E-state index contributed by atoms with van der Waals surface area (Å²) in [7, 11) is 2.14. The molecule has 21 heavy (non-hydrogen) atoms. The largest absolute Gasteiger partial charge is 0.468 e. The maximum Gasteiger partial charge on any atom is 0.122 e. The van der Waals surface area contributed by atoms with Gasteiger partial charge >= 0.3 is 0 Å². The molecule has 0 saturated carbocycles. The van der Waals surface area contributed by atoms with Crippen LogP contribution >= 0.6 is 0 Å². The molecule has 2 rings (SSSR count). The molecule has 1 saturated heterocycles. The van der Waals surface area contributed by atoms with Gasteiger partial charge in [-0.2, -0.15) is 0 Å². The number of hydrogen-bond donors (Lipinski definition) is 1. The number of ether oxygens (including phenoxy) is 1. The van der Waals surface area contributed by atoms with E-state index in [2.05, 4.69) is 44.1 Å². The summed E-state index contributed by atoms with van der Waals surface area (Å²) >= 11 is 0. The van der Waals surface area contributed by atoms with Gasteiger partial charge in [-0.15, -0.1) is 0 Å². The van der Waals surface area contributed by atoms with Gasteiger partial charge in [0, 0.05) is 30.8 Å². The molecule has 0 bridgehead atoms. The van der Waals surface area contributed by atoms with E-state index in [-0.39, 0.29) is 5.54 Å². The highest BCUT2D eigenvalue weighted by Crippen LogP contribution is 2.17. The Balaban J connectivity index is 1.83. The van der Waals surface area contributed by atoms with Gasteiger partial charge in [0.25, 0.3) is 0 Å². The first-order chi connectivity index (χ1) is 9.94. The third-order valence-corrected chi connectivity index (χ3v) is 3.85. The van der Waals surface area contributed by atoms with E-state index >= 15 is 0 Å². The van der Waals surface area contributed by atoms with Crippen molar-refractivity contribution in [3.8, 4) is 0 Å². The van der Waals surface area contributed by atoms with E-state index < -0.39 is 0 Å². The minimum absolute atomic E-state index is 0.121. The van der Waals surface area contributed by atoms with Gasteiger partial charge in [-0.3, -0.25) is 4.90 Å². The van der Waals surface area contributed by atoms with Gasteiger partial charge < -0.3 is 14.5 Å². The van der Waals surface area contributed by atoms with Crippen LogP contribution in [0.2, 0.25) is 0 Å². The van der Waals surface area contributed by atoms with Crippen molar-refractivity contribution in [2.45, 2.75) is 64.8 Å². The standard InChI is InChI=1S/C17H30N2O2/c1-17(2,3)18-11-14-8-10-21-16(14)13-19(4)12-15-7-5-6-9-20-15/h8,10,15,18H,5-7,9,11-13H2,1-4H3. The molecule has 0 amide bonds. The van der Waals surface area contributed by atoms with Crippen LogP contribution in [0.15, 0.2) is 16.7 Å². The van der Waals surface area contributed by atoms with Gasteiger partial charge in [0.05, 0.1) is 18.9 Å². The van der Waals surface area contributed by atoms with Crippen molar-refractivity contribution < 1.29 is 9.15 Å². The molecule has 1 aliphatic rings. The summed E-state index contributed by atoms with van der Waals surface area (Å²) in [5, 5.41) is 3.52. The maximum atomic E-state index is 5.81. The fourth-order valence-corrected chi connectivity index (χ4v) is 2.63. The Morgan fingerprint density at radius 2 is 2.14 bits per heavy atom. The minimum atomic E-state index is 0.121. The Hall–Kier alpha value is -0.840. The summed E-state index contributed by atoms with van der Waals surface area (Å²) in [6.45, 7) is 10.1. The first-order valence-electron chi connectivity index (χ1n) is 8.04. The van der Waals surface area contributed by atoms with Crippen LogP contribution in [-0.4, -0.2) is 36.7 Å². The molecular formula is C17H30N2O2. The summed E-state index contributed by atoms with van der Waals surface area (Å²) in [4.78, 5) is 2.30. The average molecular weight is 294 g/mol. The number of likely N-dealkylation sites (N-methyl/N-ethyl adjacent to an activating group) is 1. The number of hydrogen-bond acceptors (Lipinski definition) is 4. The Kier molecular flexibility index (Phi) is 5.85. The van der Waals surface area contributed by atoms with Gasteiger partial charge in [-0.25, -0.2) is 0 Å². The molecule has 0 aliphatic carbocycles. The number of rotatable bonds is 6. The molecule has 1 atom stereocenters. The lowest BCUT2D eigenvalue weighted by atomic mass is 10.1. The number of nitrogens with one attached hydrogen (secondary N) is 1. The molecule has 1 aliphatic heterocycles. The molecule has 1 aromatic rings. The fourth-order valence-electron chi connectivity index (χ4n) is 2.63. The lowest BCUT2D eigenvalue weighted by Crippen LogP contribution is -2.35. The van der Waals surface area contributed by atoms with Crippen LogP contribution in [0.1, 0.15) is 51.4 Å². The van der Waals surface area contributed by atoms with E-state index in [1.807, 2.05) is 0 Å². The molecule has 1 unspecified atom stereocenters. The van der Waals surface area contributed by atoms with Gasteiger partial charge in [-0.05, 0) is 53.1 Å². The Labute approximate surface area is 128 Å². The van der Waals surface area contributed by atoms with E-state index in [1.165, 1.54) is 24.8 Å². The second-order valence-electron chi connectivity index (χ2n) is 7.16. The van der Waals surface area contributed by atoms with Gasteiger partial charge in [-0.1, -0.05) is 0 Å². The predicted octanol–water partition coefficient (Wildman–Crippen LogP) is 3.17. The summed E-state index contributed by atoms with van der Waals surface area (Å²) < 4.78 is 11.5.